The van der Waals surface area contributed by atoms with Crippen LogP contribution in [0.25, 0.3) is 0 Å². The van der Waals surface area contributed by atoms with Gasteiger partial charge in [-0.2, -0.15) is 11.8 Å². The maximum absolute atomic E-state index is 12.5. The summed E-state index contributed by atoms with van der Waals surface area (Å²) in [5.74, 6) is 7.90. The Balaban J connectivity index is 2.18. The van der Waals surface area contributed by atoms with Crippen LogP contribution in [0.3, 0.4) is 0 Å². The molecule has 1 aromatic rings. The molecular weight excluding hydrogens is 256 g/mol. The van der Waals surface area contributed by atoms with Gasteiger partial charge < -0.3 is 10.6 Å². The van der Waals surface area contributed by atoms with E-state index in [1.807, 2.05) is 40.9 Å². The lowest BCUT2D eigenvalue weighted by Gasteiger charge is -2.33. The van der Waals surface area contributed by atoms with Gasteiger partial charge in [0.1, 0.15) is 0 Å². The van der Waals surface area contributed by atoms with Crippen LogP contribution in [-0.2, 0) is 0 Å². The molecule has 1 aliphatic rings. The van der Waals surface area contributed by atoms with Gasteiger partial charge in [0.25, 0.3) is 5.91 Å². The van der Waals surface area contributed by atoms with Crippen LogP contribution in [0.1, 0.15) is 22.8 Å². The third-order valence-electron chi connectivity index (χ3n) is 3.07. The quantitative estimate of drug-likeness (QED) is 0.791. The molecule has 0 aliphatic carbocycles. The maximum atomic E-state index is 12.5. The van der Waals surface area contributed by atoms with E-state index >= 15 is 0 Å². The molecule has 0 aromatic heterocycles. The predicted octanol–water partition coefficient (Wildman–Crippen LogP) is 1.57. The van der Waals surface area contributed by atoms with Gasteiger partial charge in [-0.3, -0.25) is 4.79 Å². The van der Waals surface area contributed by atoms with Crippen molar-refractivity contribution in [3.8, 4) is 11.8 Å². The Morgan fingerprint density at radius 3 is 3.16 bits per heavy atom. The smallest absolute Gasteiger partial charge is 0.254 e. The number of nitrogens with zero attached hydrogens (tertiary/aromatic N) is 1. The molecule has 100 valence electrons. The van der Waals surface area contributed by atoms with E-state index in [0.29, 0.717) is 18.2 Å². The van der Waals surface area contributed by atoms with E-state index in [0.717, 1.165) is 23.6 Å². The zero-order valence-electron chi connectivity index (χ0n) is 11.1. The summed E-state index contributed by atoms with van der Waals surface area (Å²) in [5.41, 5.74) is 6.91. The lowest BCUT2D eigenvalue weighted by atomic mass is 10.1. The molecule has 2 rings (SSSR count). The average Bonchev–Trinajstić information content (AvgIpc) is 2.45. The molecule has 0 spiro atoms. The molecule has 2 N–H and O–H groups in total. The number of carbonyl (C=O) groups excluding carboxylic acids is 1. The normalized spacial score (nSPS) is 18.6. The molecular formula is C15H18N2OS. The van der Waals surface area contributed by atoms with Crippen molar-refractivity contribution in [3.05, 3.63) is 35.4 Å². The molecule has 1 aromatic carbocycles. The van der Waals surface area contributed by atoms with Crippen molar-refractivity contribution >= 4 is 17.7 Å². The summed E-state index contributed by atoms with van der Waals surface area (Å²) < 4.78 is 0. The third-order valence-corrected chi connectivity index (χ3v) is 4.26. The first kappa shape index (κ1) is 14.0. The minimum atomic E-state index is 0.101. The summed E-state index contributed by atoms with van der Waals surface area (Å²) in [7, 11) is 0. The summed E-state index contributed by atoms with van der Waals surface area (Å²) in [6.45, 7) is 3.25. The third kappa shape index (κ3) is 3.52. The Kier molecular flexibility index (Phi) is 4.89. The Hall–Kier alpha value is -1.44. The van der Waals surface area contributed by atoms with E-state index in [-0.39, 0.29) is 5.91 Å². The van der Waals surface area contributed by atoms with E-state index in [9.17, 15) is 4.79 Å². The minimum absolute atomic E-state index is 0.101. The first-order valence-electron chi connectivity index (χ1n) is 6.40. The number of rotatable bonds is 1. The van der Waals surface area contributed by atoms with Crippen LogP contribution in [0.4, 0.5) is 0 Å². The van der Waals surface area contributed by atoms with Crippen LogP contribution in [-0.4, -0.2) is 41.4 Å². The second-order valence-electron chi connectivity index (χ2n) is 4.51. The molecule has 0 saturated carbocycles. The number of hydrogen-bond acceptors (Lipinski definition) is 3. The molecule has 1 unspecified atom stereocenters. The van der Waals surface area contributed by atoms with E-state index < -0.39 is 0 Å². The van der Waals surface area contributed by atoms with Crippen LogP contribution in [0, 0.1) is 11.8 Å². The largest absolute Gasteiger partial charge is 0.334 e. The van der Waals surface area contributed by atoms with Gasteiger partial charge in [-0.05, 0) is 25.1 Å². The average molecular weight is 274 g/mol. The Morgan fingerprint density at radius 1 is 1.58 bits per heavy atom. The van der Waals surface area contributed by atoms with E-state index in [2.05, 4.69) is 18.8 Å². The van der Waals surface area contributed by atoms with E-state index in [1.54, 1.807) is 0 Å². The van der Waals surface area contributed by atoms with Gasteiger partial charge in [-0.25, -0.2) is 0 Å². The summed E-state index contributed by atoms with van der Waals surface area (Å²) in [6.07, 6.45) is 0. The number of carbonyl (C=O) groups is 1. The minimum Gasteiger partial charge on any atom is -0.334 e. The number of thioether (sulfide) groups is 1. The highest BCUT2D eigenvalue weighted by atomic mass is 32.2. The SMILES string of the molecule is CC1CSCCN1C(=O)c1cccc(C#CCN)c1. The molecule has 0 radical (unpaired) electrons. The Labute approximate surface area is 118 Å². The monoisotopic (exact) mass is 274 g/mol. The molecule has 1 aliphatic heterocycles. The van der Waals surface area contributed by atoms with Crippen molar-refractivity contribution in [1.29, 1.82) is 0 Å². The maximum Gasteiger partial charge on any atom is 0.254 e. The zero-order valence-corrected chi connectivity index (χ0v) is 11.9. The summed E-state index contributed by atoms with van der Waals surface area (Å²) in [5, 5.41) is 0. The summed E-state index contributed by atoms with van der Waals surface area (Å²) in [6, 6.07) is 7.76. The van der Waals surface area contributed by atoms with Gasteiger partial charge in [-0.1, -0.05) is 17.9 Å². The summed E-state index contributed by atoms with van der Waals surface area (Å²) in [4.78, 5) is 14.4. The number of hydrogen-bond donors (Lipinski definition) is 1. The van der Waals surface area contributed by atoms with Gasteiger partial charge in [0.05, 0.1) is 6.54 Å². The van der Waals surface area contributed by atoms with Crippen LogP contribution < -0.4 is 5.73 Å². The van der Waals surface area contributed by atoms with E-state index in [4.69, 9.17) is 5.73 Å². The molecule has 1 amide bonds. The van der Waals surface area contributed by atoms with Crippen molar-refractivity contribution in [2.45, 2.75) is 13.0 Å². The molecule has 1 heterocycles. The van der Waals surface area contributed by atoms with Crippen molar-refractivity contribution in [3.63, 3.8) is 0 Å². The number of nitrogens with two attached hydrogens (primary N) is 1. The molecule has 4 heteroatoms. The van der Waals surface area contributed by atoms with Crippen molar-refractivity contribution < 1.29 is 4.79 Å². The van der Waals surface area contributed by atoms with Crippen LogP contribution in [0.5, 0.6) is 0 Å². The molecule has 1 saturated heterocycles. The van der Waals surface area contributed by atoms with Gasteiger partial charge in [0.15, 0.2) is 0 Å². The standard InChI is InChI=1S/C15H18N2OS/c1-12-11-19-9-8-17(12)15(18)14-6-2-4-13(10-14)5-3-7-16/h2,4,6,10,12H,7-9,11,16H2,1H3. The van der Waals surface area contributed by atoms with Crippen LogP contribution in [0.2, 0.25) is 0 Å². The first-order valence-corrected chi connectivity index (χ1v) is 7.55. The highest BCUT2D eigenvalue weighted by molar-refractivity contribution is 7.99. The van der Waals surface area contributed by atoms with Crippen molar-refractivity contribution in [2.24, 2.45) is 5.73 Å². The highest BCUT2D eigenvalue weighted by Crippen LogP contribution is 2.19. The van der Waals surface area contributed by atoms with Crippen molar-refractivity contribution in [2.75, 3.05) is 24.6 Å². The fourth-order valence-electron chi connectivity index (χ4n) is 2.08. The Bertz CT molecular complexity index is 518. The van der Waals surface area contributed by atoms with Gasteiger partial charge >= 0.3 is 0 Å². The van der Waals surface area contributed by atoms with Gasteiger partial charge in [-0.15, -0.1) is 0 Å². The fourth-order valence-corrected chi connectivity index (χ4v) is 3.09. The van der Waals surface area contributed by atoms with Gasteiger partial charge in [0, 0.05) is 35.2 Å². The van der Waals surface area contributed by atoms with Crippen LogP contribution in [0.15, 0.2) is 24.3 Å². The first-order chi connectivity index (χ1) is 9.22. The van der Waals surface area contributed by atoms with E-state index in [1.165, 1.54) is 0 Å². The molecule has 1 fully saturated rings. The number of benzene rings is 1. The summed E-state index contributed by atoms with van der Waals surface area (Å²) >= 11 is 1.90. The zero-order chi connectivity index (χ0) is 13.7. The fraction of sp³-hybridized carbons (Fsp3) is 0.400. The highest BCUT2D eigenvalue weighted by Gasteiger charge is 2.24. The lowest BCUT2D eigenvalue weighted by molar-refractivity contribution is 0.0716. The molecule has 1 atom stereocenters. The molecule has 19 heavy (non-hydrogen) atoms. The predicted molar refractivity (Wildman–Crippen MR) is 80.2 cm³/mol. The van der Waals surface area contributed by atoms with Crippen molar-refractivity contribution in [1.82, 2.24) is 4.90 Å². The Morgan fingerprint density at radius 2 is 2.42 bits per heavy atom. The second-order valence-corrected chi connectivity index (χ2v) is 5.66. The second kappa shape index (κ2) is 6.65. The molecule has 3 nitrogen and oxygen atoms in total. The van der Waals surface area contributed by atoms with Crippen LogP contribution >= 0.6 is 11.8 Å². The number of amides is 1. The lowest BCUT2D eigenvalue weighted by Crippen LogP contribution is -2.44. The molecule has 0 bridgehead atoms. The topological polar surface area (TPSA) is 46.3 Å². The van der Waals surface area contributed by atoms with Gasteiger partial charge in [0.2, 0.25) is 0 Å².